The Bertz CT molecular complexity index is 1720. The van der Waals surface area contributed by atoms with Crippen LogP contribution in [-0.4, -0.2) is 50.9 Å². The smallest absolute Gasteiger partial charge is 0.264 e. The number of anilines is 1. The molecule has 4 aromatic carbocycles. The maximum absolute atomic E-state index is 14.5. The predicted octanol–water partition coefficient (Wildman–Crippen LogP) is 6.41. The number of aryl methyl sites for hydroxylation is 1. The van der Waals surface area contributed by atoms with Crippen LogP contribution in [0.2, 0.25) is 5.02 Å². The molecule has 1 N–H and O–H groups in total. The van der Waals surface area contributed by atoms with Crippen LogP contribution in [-0.2, 0) is 32.6 Å². The summed E-state index contributed by atoms with van der Waals surface area (Å²) < 4.78 is 34.7. The average molecular weight is 662 g/mol. The maximum Gasteiger partial charge on any atom is 0.264 e. The first-order chi connectivity index (χ1) is 22.0. The Morgan fingerprint density at radius 2 is 1.54 bits per heavy atom. The number of nitrogens with zero attached hydrogens (tertiary/aromatic N) is 2. The molecule has 46 heavy (non-hydrogen) atoms. The van der Waals surface area contributed by atoms with Crippen LogP contribution in [0.4, 0.5) is 5.69 Å². The lowest BCUT2D eigenvalue weighted by atomic mass is 10.0. The van der Waals surface area contributed by atoms with Gasteiger partial charge in [-0.2, -0.15) is 0 Å². The Labute approximate surface area is 277 Å². The van der Waals surface area contributed by atoms with Crippen molar-refractivity contribution in [1.29, 1.82) is 0 Å². The van der Waals surface area contributed by atoms with Crippen molar-refractivity contribution >= 4 is 39.1 Å². The van der Waals surface area contributed by atoms with Crippen molar-refractivity contribution < 1.29 is 22.7 Å². The lowest BCUT2D eigenvalue weighted by molar-refractivity contribution is -0.140. The van der Waals surface area contributed by atoms with E-state index in [2.05, 4.69) is 5.32 Å². The van der Waals surface area contributed by atoms with E-state index in [0.29, 0.717) is 28.4 Å². The van der Waals surface area contributed by atoms with E-state index in [0.717, 1.165) is 15.4 Å². The van der Waals surface area contributed by atoms with Crippen LogP contribution in [0.25, 0.3) is 0 Å². The molecular weight excluding hydrogens is 622 g/mol. The normalized spacial score (nSPS) is 12.5. The van der Waals surface area contributed by atoms with Crippen LogP contribution >= 0.6 is 11.6 Å². The molecule has 4 aromatic rings. The van der Waals surface area contributed by atoms with E-state index in [9.17, 15) is 18.0 Å². The van der Waals surface area contributed by atoms with E-state index in [1.165, 1.54) is 24.1 Å². The third-order valence-electron chi connectivity index (χ3n) is 7.76. The van der Waals surface area contributed by atoms with Crippen LogP contribution in [0, 0.1) is 6.92 Å². The summed E-state index contributed by atoms with van der Waals surface area (Å²) in [7, 11) is -2.72. The van der Waals surface area contributed by atoms with E-state index in [4.69, 9.17) is 16.3 Å². The van der Waals surface area contributed by atoms with Crippen molar-refractivity contribution in [2.24, 2.45) is 0 Å². The number of benzene rings is 4. The first-order valence-electron chi connectivity index (χ1n) is 15.1. The Morgan fingerprint density at radius 3 is 2.15 bits per heavy atom. The molecule has 0 aliphatic heterocycles. The van der Waals surface area contributed by atoms with E-state index in [1.807, 2.05) is 57.2 Å². The minimum absolute atomic E-state index is 0.00147. The molecule has 0 spiro atoms. The first-order valence-corrected chi connectivity index (χ1v) is 16.9. The third-order valence-corrected chi connectivity index (χ3v) is 9.79. The minimum Gasteiger partial charge on any atom is -0.497 e. The number of nitrogens with one attached hydrogen (secondary N) is 1. The number of hydrogen-bond donors (Lipinski definition) is 1. The number of amides is 2. The summed E-state index contributed by atoms with van der Waals surface area (Å²) in [6, 6.07) is 28.4. The van der Waals surface area contributed by atoms with Crippen molar-refractivity contribution in [3.05, 3.63) is 125 Å². The highest BCUT2D eigenvalue weighted by molar-refractivity contribution is 7.92. The van der Waals surface area contributed by atoms with Gasteiger partial charge in [-0.25, -0.2) is 8.42 Å². The SMILES string of the molecule is CC[C@H](C)NC(=O)[C@H](Cc1ccccc1)N(Cc1cccc(Cl)c1)C(=O)CN(c1ccc(C)cc1)S(=O)(=O)c1ccc(OC)cc1. The topological polar surface area (TPSA) is 96.0 Å². The summed E-state index contributed by atoms with van der Waals surface area (Å²) >= 11 is 6.31. The highest BCUT2D eigenvalue weighted by atomic mass is 35.5. The van der Waals surface area contributed by atoms with Crippen LogP contribution in [0.5, 0.6) is 5.75 Å². The van der Waals surface area contributed by atoms with Crippen molar-refractivity contribution in [3.8, 4) is 5.75 Å². The van der Waals surface area contributed by atoms with Gasteiger partial charge in [0.05, 0.1) is 17.7 Å². The van der Waals surface area contributed by atoms with E-state index in [1.54, 1.807) is 54.6 Å². The lowest BCUT2D eigenvalue weighted by Gasteiger charge is -2.34. The summed E-state index contributed by atoms with van der Waals surface area (Å²) in [5.74, 6) is -0.368. The van der Waals surface area contributed by atoms with Gasteiger partial charge in [-0.15, -0.1) is 0 Å². The van der Waals surface area contributed by atoms with Crippen LogP contribution in [0.15, 0.2) is 108 Å². The molecule has 242 valence electrons. The fourth-order valence-corrected chi connectivity index (χ4v) is 6.57. The molecule has 0 radical (unpaired) electrons. The summed E-state index contributed by atoms with van der Waals surface area (Å²) in [6.45, 7) is 5.26. The van der Waals surface area contributed by atoms with Crippen molar-refractivity contribution in [1.82, 2.24) is 10.2 Å². The molecule has 0 fully saturated rings. The molecule has 2 atom stereocenters. The second-order valence-electron chi connectivity index (χ2n) is 11.2. The van der Waals surface area contributed by atoms with Gasteiger partial charge >= 0.3 is 0 Å². The Balaban J connectivity index is 1.80. The summed E-state index contributed by atoms with van der Waals surface area (Å²) in [4.78, 5) is 29.9. The van der Waals surface area contributed by atoms with Gasteiger partial charge in [-0.05, 0) is 79.9 Å². The van der Waals surface area contributed by atoms with Gasteiger partial charge in [0.1, 0.15) is 18.3 Å². The monoisotopic (exact) mass is 661 g/mol. The second kappa shape index (κ2) is 15.8. The summed E-state index contributed by atoms with van der Waals surface area (Å²) in [5, 5.41) is 3.52. The zero-order chi connectivity index (χ0) is 33.3. The van der Waals surface area contributed by atoms with Gasteiger partial charge in [0.15, 0.2) is 0 Å². The van der Waals surface area contributed by atoms with Gasteiger partial charge in [-0.3, -0.25) is 13.9 Å². The van der Waals surface area contributed by atoms with Crippen LogP contribution < -0.4 is 14.4 Å². The fraction of sp³-hybridized carbons (Fsp3) is 0.278. The Kier molecular flexibility index (Phi) is 11.8. The number of hydrogen-bond acceptors (Lipinski definition) is 5. The second-order valence-corrected chi connectivity index (χ2v) is 13.5. The van der Waals surface area contributed by atoms with Crippen molar-refractivity contribution in [2.45, 2.75) is 57.1 Å². The van der Waals surface area contributed by atoms with Gasteiger partial charge in [0, 0.05) is 24.0 Å². The number of carbonyl (C=O) groups is 2. The highest BCUT2D eigenvalue weighted by Crippen LogP contribution is 2.27. The molecule has 0 saturated heterocycles. The number of ether oxygens (including phenoxy) is 1. The van der Waals surface area contributed by atoms with E-state index >= 15 is 0 Å². The van der Waals surface area contributed by atoms with Crippen molar-refractivity contribution in [2.75, 3.05) is 18.0 Å². The van der Waals surface area contributed by atoms with Gasteiger partial charge in [0.2, 0.25) is 11.8 Å². The molecule has 0 bridgehead atoms. The predicted molar refractivity (Wildman–Crippen MR) is 183 cm³/mol. The minimum atomic E-state index is -4.22. The average Bonchev–Trinajstić information content (AvgIpc) is 3.06. The quantitative estimate of drug-likeness (QED) is 0.169. The largest absolute Gasteiger partial charge is 0.497 e. The zero-order valence-corrected chi connectivity index (χ0v) is 28.1. The molecule has 10 heteroatoms. The van der Waals surface area contributed by atoms with E-state index < -0.39 is 28.5 Å². The summed E-state index contributed by atoms with van der Waals surface area (Å²) in [5.41, 5.74) is 2.82. The number of halogens is 1. The molecule has 0 aromatic heterocycles. The maximum atomic E-state index is 14.5. The van der Waals surface area contributed by atoms with Gasteiger partial charge in [0.25, 0.3) is 10.0 Å². The van der Waals surface area contributed by atoms with Gasteiger partial charge < -0.3 is 15.0 Å². The van der Waals surface area contributed by atoms with Crippen molar-refractivity contribution in [3.63, 3.8) is 0 Å². The number of rotatable bonds is 14. The molecule has 2 amide bonds. The highest BCUT2D eigenvalue weighted by Gasteiger charge is 2.35. The molecule has 0 heterocycles. The molecule has 0 aliphatic rings. The molecule has 0 unspecified atom stereocenters. The van der Waals surface area contributed by atoms with E-state index in [-0.39, 0.29) is 29.8 Å². The third kappa shape index (κ3) is 8.89. The van der Waals surface area contributed by atoms with Crippen LogP contribution in [0.1, 0.15) is 37.0 Å². The Morgan fingerprint density at radius 1 is 0.891 bits per heavy atom. The number of methoxy groups -OCH3 is 1. The fourth-order valence-electron chi connectivity index (χ4n) is 4.94. The van der Waals surface area contributed by atoms with Crippen LogP contribution in [0.3, 0.4) is 0 Å². The zero-order valence-electron chi connectivity index (χ0n) is 26.5. The molecular formula is C36H40ClN3O5S. The summed E-state index contributed by atoms with van der Waals surface area (Å²) in [6.07, 6.45) is 0.929. The first kappa shape index (κ1) is 34.5. The molecule has 0 saturated carbocycles. The molecule has 8 nitrogen and oxygen atoms in total. The standard InChI is InChI=1S/C36H40ClN3O5S/c1-5-27(3)38-36(42)34(23-28-10-7-6-8-11-28)39(24-29-12-9-13-30(37)22-29)35(41)25-40(31-16-14-26(2)15-17-31)46(43,44)33-20-18-32(45-4)19-21-33/h6-22,27,34H,5,23-25H2,1-4H3,(H,38,42)/t27-,34-/m0/s1. The lowest BCUT2D eigenvalue weighted by Crippen LogP contribution is -2.54. The molecule has 4 rings (SSSR count). The van der Waals surface area contributed by atoms with Gasteiger partial charge in [-0.1, -0.05) is 78.7 Å². The molecule has 0 aliphatic carbocycles. The number of sulfonamides is 1. The number of carbonyl (C=O) groups excluding carboxylic acids is 2. The Hall–Kier alpha value is -4.34.